The molecule has 2 aromatic carbocycles. The monoisotopic (exact) mass is 602 g/mol. The molecular formula is C28H34N4O7S2. The van der Waals surface area contributed by atoms with Crippen LogP contribution in [0.25, 0.3) is 0 Å². The average molecular weight is 603 g/mol. The molecule has 11 nitrogen and oxygen atoms in total. The van der Waals surface area contributed by atoms with Crippen LogP contribution in [0.2, 0.25) is 0 Å². The number of thiophene rings is 1. The van der Waals surface area contributed by atoms with Crippen LogP contribution in [0.5, 0.6) is 11.5 Å². The maximum atomic E-state index is 13.7. The highest BCUT2D eigenvalue weighted by molar-refractivity contribution is 7.91. The predicted molar refractivity (Wildman–Crippen MR) is 157 cm³/mol. The number of aliphatic hydroxyl groups is 1. The van der Waals surface area contributed by atoms with E-state index in [1.54, 1.807) is 72.8 Å². The van der Waals surface area contributed by atoms with Crippen molar-refractivity contribution in [1.29, 1.82) is 0 Å². The number of urea groups is 1. The molecular weight excluding hydrogens is 568 g/mol. The topological polar surface area (TPSA) is 138 Å². The molecule has 3 amide bonds. The van der Waals surface area contributed by atoms with Crippen LogP contribution in [0.4, 0.5) is 16.2 Å². The molecule has 0 saturated carbocycles. The van der Waals surface area contributed by atoms with Crippen molar-refractivity contribution in [2.45, 2.75) is 30.2 Å². The minimum absolute atomic E-state index is 0.0423. The van der Waals surface area contributed by atoms with E-state index in [4.69, 9.17) is 9.47 Å². The number of amides is 3. The molecule has 3 aromatic rings. The Morgan fingerprint density at radius 3 is 2.51 bits per heavy atom. The quantitative estimate of drug-likeness (QED) is 0.337. The van der Waals surface area contributed by atoms with E-state index in [9.17, 15) is 23.1 Å². The molecule has 3 N–H and O–H groups in total. The van der Waals surface area contributed by atoms with Crippen molar-refractivity contribution in [3.05, 3.63) is 65.5 Å². The van der Waals surface area contributed by atoms with Crippen molar-refractivity contribution in [3.63, 3.8) is 0 Å². The third-order valence-electron chi connectivity index (χ3n) is 6.87. The summed E-state index contributed by atoms with van der Waals surface area (Å²) in [5.41, 5.74) is 1.09. The number of carbonyl (C=O) groups is 2. The first-order chi connectivity index (χ1) is 19.5. The van der Waals surface area contributed by atoms with Gasteiger partial charge in [-0.1, -0.05) is 13.0 Å². The molecule has 0 fully saturated rings. The van der Waals surface area contributed by atoms with Crippen molar-refractivity contribution in [2.75, 3.05) is 44.5 Å². The summed E-state index contributed by atoms with van der Waals surface area (Å²) in [7, 11) is -0.671. The van der Waals surface area contributed by atoms with Crippen molar-refractivity contribution in [2.24, 2.45) is 5.92 Å². The summed E-state index contributed by atoms with van der Waals surface area (Å²) in [6.45, 7) is 3.63. The number of aliphatic hydroxyl groups excluding tert-OH is 1. The molecule has 3 atom stereocenters. The van der Waals surface area contributed by atoms with E-state index >= 15 is 0 Å². The van der Waals surface area contributed by atoms with Gasteiger partial charge in [0.05, 0.1) is 31.9 Å². The van der Waals surface area contributed by atoms with E-state index < -0.39 is 28.2 Å². The van der Waals surface area contributed by atoms with E-state index in [1.807, 2.05) is 6.92 Å². The first kappa shape index (κ1) is 30.3. The summed E-state index contributed by atoms with van der Waals surface area (Å²) in [5, 5.41) is 17.0. The van der Waals surface area contributed by atoms with Crippen LogP contribution in [-0.4, -0.2) is 80.7 Å². The van der Waals surface area contributed by atoms with Gasteiger partial charge in [-0.05, 0) is 60.8 Å². The van der Waals surface area contributed by atoms with Crippen molar-refractivity contribution < 1.29 is 32.6 Å². The molecule has 0 radical (unpaired) electrons. The van der Waals surface area contributed by atoms with Crippen molar-refractivity contribution >= 4 is 44.7 Å². The molecule has 13 heteroatoms. The fourth-order valence-electron chi connectivity index (χ4n) is 4.40. The maximum absolute atomic E-state index is 13.7. The lowest BCUT2D eigenvalue weighted by atomic mass is 9.99. The number of nitrogens with one attached hydrogen (secondary N) is 2. The molecule has 220 valence electrons. The standard InChI is InChI=1S/C28H34N4O7S2/c1-18-15-32(19(2)17-33)27(34)23-14-21(30-28(35)29-20-7-10-22(38-4)11-8-20)9-12-24(23)39-25(18)16-31(3)41(36,37)26-6-5-13-40-26/h5-14,18-19,25,33H,15-17H2,1-4H3,(H2,29,30,35)/t18-,19+,25-/m1/s1. The Hall–Kier alpha value is -3.65. The van der Waals surface area contributed by atoms with Gasteiger partial charge in [-0.2, -0.15) is 4.31 Å². The zero-order valence-electron chi connectivity index (χ0n) is 23.2. The molecule has 41 heavy (non-hydrogen) atoms. The van der Waals surface area contributed by atoms with Crippen LogP contribution in [0.1, 0.15) is 24.2 Å². The van der Waals surface area contributed by atoms with Gasteiger partial charge in [-0.15, -0.1) is 11.3 Å². The maximum Gasteiger partial charge on any atom is 0.323 e. The van der Waals surface area contributed by atoms with Gasteiger partial charge in [-0.3, -0.25) is 4.79 Å². The minimum Gasteiger partial charge on any atom is -0.497 e. The Balaban J connectivity index is 1.59. The van der Waals surface area contributed by atoms with Gasteiger partial charge >= 0.3 is 6.03 Å². The van der Waals surface area contributed by atoms with Gasteiger partial charge in [-0.25, -0.2) is 13.2 Å². The van der Waals surface area contributed by atoms with E-state index in [-0.39, 0.29) is 47.0 Å². The third kappa shape index (κ3) is 6.99. The lowest BCUT2D eigenvalue weighted by Gasteiger charge is -2.38. The number of ether oxygens (including phenoxy) is 2. The van der Waals surface area contributed by atoms with Gasteiger partial charge in [0, 0.05) is 30.9 Å². The first-order valence-electron chi connectivity index (χ1n) is 13.0. The van der Waals surface area contributed by atoms with Gasteiger partial charge in [0.2, 0.25) is 0 Å². The fourth-order valence-corrected chi connectivity index (χ4v) is 6.79. The summed E-state index contributed by atoms with van der Waals surface area (Å²) in [4.78, 5) is 27.9. The smallest absolute Gasteiger partial charge is 0.323 e. The Labute approximate surface area is 243 Å². The summed E-state index contributed by atoms with van der Waals surface area (Å²) in [5.74, 6) is 0.270. The average Bonchev–Trinajstić information content (AvgIpc) is 3.51. The Bertz CT molecular complexity index is 1460. The largest absolute Gasteiger partial charge is 0.497 e. The highest BCUT2D eigenvalue weighted by atomic mass is 32.2. The molecule has 4 rings (SSSR count). The molecule has 0 spiro atoms. The summed E-state index contributed by atoms with van der Waals surface area (Å²) < 4.78 is 39.1. The summed E-state index contributed by atoms with van der Waals surface area (Å²) >= 11 is 1.14. The second kappa shape index (κ2) is 12.9. The minimum atomic E-state index is -3.72. The number of likely N-dealkylation sites (N-methyl/N-ethyl adjacent to an activating group) is 1. The summed E-state index contributed by atoms with van der Waals surface area (Å²) in [6, 6.07) is 13.7. The zero-order chi connectivity index (χ0) is 29.7. The Morgan fingerprint density at radius 2 is 1.88 bits per heavy atom. The number of hydrogen-bond acceptors (Lipinski definition) is 8. The highest BCUT2D eigenvalue weighted by Gasteiger charge is 2.35. The van der Waals surface area contributed by atoms with Gasteiger partial charge in [0.15, 0.2) is 0 Å². The lowest BCUT2D eigenvalue weighted by Crippen LogP contribution is -2.50. The number of methoxy groups -OCH3 is 1. The van der Waals surface area contributed by atoms with Crippen molar-refractivity contribution in [1.82, 2.24) is 9.21 Å². The number of hydrogen-bond donors (Lipinski definition) is 3. The van der Waals surface area contributed by atoms with Gasteiger partial charge in [0.1, 0.15) is 21.8 Å². The van der Waals surface area contributed by atoms with Crippen LogP contribution < -0.4 is 20.1 Å². The van der Waals surface area contributed by atoms with E-state index in [0.29, 0.717) is 17.1 Å². The number of sulfonamides is 1. The van der Waals surface area contributed by atoms with E-state index in [1.165, 1.54) is 17.4 Å². The van der Waals surface area contributed by atoms with E-state index in [0.717, 1.165) is 11.3 Å². The first-order valence-corrected chi connectivity index (χ1v) is 15.3. The predicted octanol–water partition coefficient (Wildman–Crippen LogP) is 3.94. The molecule has 1 aromatic heterocycles. The van der Waals surface area contributed by atoms with Crippen molar-refractivity contribution in [3.8, 4) is 11.5 Å². The molecule has 1 aliphatic rings. The fraction of sp³-hybridized carbons (Fsp3) is 0.357. The van der Waals surface area contributed by atoms with Crippen LogP contribution in [-0.2, 0) is 10.0 Å². The molecule has 0 aliphatic carbocycles. The molecule has 2 heterocycles. The zero-order valence-corrected chi connectivity index (χ0v) is 24.9. The number of benzene rings is 2. The molecule has 0 bridgehead atoms. The summed E-state index contributed by atoms with van der Waals surface area (Å²) in [6.07, 6.45) is -0.604. The number of nitrogens with zero attached hydrogens (tertiary/aromatic N) is 2. The normalized spacial score (nSPS) is 18.1. The van der Waals surface area contributed by atoms with Crippen LogP contribution >= 0.6 is 11.3 Å². The van der Waals surface area contributed by atoms with Gasteiger partial charge in [0.25, 0.3) is 15.9 Å². The lowest BCUT2D eigenvalue weighted by molar-refractivity contribution is 0.0387. The van der Waals surface area contributed by atoms with Crippen LogP contribution in [0.15, 0.2) is 64.2 Å². The Morgan fingerprint density at radius 1 is 1.20 bits per heavy atom. The molecule has 1 aliphatic heterocycles. The SMILES string of the molecule is COc1ccc(NC(=O)Nc2ccc3c(c2)C(=O)N([C@@H](C)CO)C[C@@H](C)[C@@H](CN(C)S(=O)(=O)c2cccs2)O3)cc1. The Kier molecular flexibility index (Phi) is 9.53. The number of rotatable bonds is 9. The second-order valence-corrected chi connectivity index (χ2v) is 13.1. The number of fused-ring (bicyclic) bond motifs is 1. The third-order valence-corrected chi connectivity index (χ3v) is 10.1. The van der Waals surface area contributed by atoms with Gasteiger partial charge < -0.3 is 30.1 Å². The second-order valence-electron chi connectivity index (χ2n) is 9.86. The van der Waals surface area contributed by atoms with Crippen LogP contribution in [0, 0.1) is 5.92 Å². The molecule has 0 unspecified atom stereocenters. The van der Waals surface area contributed by atoms with Crippen LogP contribution in [0.3, 0.4) is 0 Å². The number of carbonyl (C=O) groups excluding carboxylic acids is 2. The molecule has 0 saturated heterocycles. The highest BCUT2D eigenvalue weighted by Crippen LogP contribution is 2.31. The van der Waals surface area contributed by atoms with E-state index in [2.05, 4.69) is 10.6 Å². The number of anilines is 2.